The van der Waals surface area contributed by atoms with E-state index in [2.05, 4.69) is 10.0 Å². The lowest BCUT2D eigenvalue weighted by Crippen LogP contribution is -2.36. The summed E-state index contributed by atoms with van der Waals surface area (Å²) < 4.78 is 52.5. The Kier molecular flexibility index (Phi) is 5.22. The van der Waals surface area contributed by atoms with Gasteiger partial charge < -0.3 is 15.0 Å². The van der Waals surface area contributed by atoms with Gasteiger partial charge in [-0.15, -0.1) is 0 Å². The van der Waals surface area contributed by atoms with Crippen LogP contribution in [0.15, 0.2) is 29.3 Å². The number of aliphatic hydroxyl groups excluding tert-OH is 1. The minimum atomic E-state index is -1.61. The Labute approximate surface area is 155 Å². The summed E-state index contributed by atoms with van der Waals surface area (Å²) in [6.45, 7) is 1.58. The number of amides is 1. The highest BCUT2D eigenvalue weighted by Gasteiger charge is 2.25. The molecule has 1 aromatic heterocycles. The van der Waals surface area contributed by atoms with Crippen molar-refractivity contribution in [2.24, 2.45) is 7.05 Å². The van der Waals surface area contributed by atoms with Gasteiger partial charge in [0.05, 0.1) is 17.0 Å². The number of carbonyl (C=O) groups excluding carboxylic acids is 1. The van der Waals surface area contributed by atoms with Crippen LogP contribution in [0.25, 0.3) is 6.08 Å². The van der Waals surface area contributed by atoms with E-state index < -0.39 is 46.4 Å². The first kappa shape index (κ1) is 19.3. The molecular formula is C17H17F3N4O2S. The average Bonchev–Trinajstić information content (AvgIpc) is 2.83. The maximum atomic E-state index is 13.4. The van der Waals surface area contributed by atoms with Gasteiger partial charge in [-0.25, -0.2) is 17.9 Å². The van der Waals surface area contributed by atoms with Crippen molar-refractivity contribution in [3.05, 3.63) is 53.1 Å². The quantitative estimate of drug-likeness (QED) is 0.600. The predicted octanol–water partition coefficient (Wildman–Crippen LogP) is 2.72. The minimum absolute atomic E-state index is 0.171. The van der Waals surface area contributed by atoms with Crippen LogP contribution in [0.1, 0.15) is 23.0 Å². The molecule has 6 nitrogen and oxygen atoms in total. The van der Waals surface area contributed by atoms with Crippen LogP contribution in [0.4, 0.5) is 18.9 Å². The lowest BCUT2D eigenvalue weighted by Gasteiger charge is -2.16. The standard InChI is InChI=1S/C17H17F3N4O2S/c1-8(25)13-4-3-10-14(27(21)23-13)7-24(2)16(10)17(26)22-9-5-11(18)15(20)12(19)6-9/h3-8,13,25H,1-2H3,(H2,21,23)(H,22,26). The normalized spacial score (nSPS) is 20.1. The molecule has 0 radical (unpaired) electrons. The Hall–Kier alpha value is -2.43. The number of benzene rings is 1. The number of rotatable bonds is 3. The summed E-state index contributed by atoms with van der Waals surface area (Å²) in [5.74, 6) is -5.10. The van der Waals surface area contributed by atoms with Gasteiger partial charge in [0.1, 0.15) is 5.69 Å². The summed E-state index contributed by atoms with van der Waals surface area (Å²) >= 11 is 0. The lowest BCUT2D eigenvalue weighted by atomic mass is 10.1. The van der Waals surface area contributed by atoms with Gasteiger partial charge in [-0.05, 0) is 17.8 Å². The van der Waals surface area contributed by atoms with E-state index in [1.807, 2.05) is 0 Å². The molecule has 0 bridgehead atoms. The first-order valence-electron chi connectivity index (χ1n) is 7.92. The Balaban J connectivity index is 1.98. The molecule has 1 amide bonds. The first-order valence-corrected chi connectivity index (χ1v) is 9.14. The number of aromatic nitrogens is 1. The summed E-state index contributed by atoms with van der Waals surface area (Å²) in [6.07, 6.45) is 4.15. The molecule has 0 spiro atoms. The highest BCUT2D eigenvalue weighted by molar-refractivity contribution is 7.84. The fourth-order valence-corrected chi connectivity index (χ4v) is 4.06. The zero-order valence-electron chi connectivity index (χ0n) is 14.4. The molecule has 0 saturated carbocycles. The van der Waals surface area contributed by atoms with Crippen molar-refractivity contribution in [1.29, 1.82) is 4.78 Å². The Morgan fingerprint density at radius 3 is 2.59 bits per heavy atom. The van der Waals surface area contributed by atoms with Gasteiger partial charge in [0.25, 0.3) is 5.91 Å². The number of anilines is 1. The molecule has 0 fully saturated rings. The van der Waals surface area contributed by atoms with Gasteiger partial charge in [0.15, 0.2) is 17.5 Å². The summed E-state index contributed by atoms with van der Waals surface area (Å²) in [4.78, 5) is 13.2. The molecule has 3 atom stereocenters. The van der Waals surface area contributed by atoms with Crippen molar-refractivity contribution >= 4 is 28.5 Å². The van der Waals surface area contributed by atoms with Gasteiger partial charge in [-0.2, -0.15) is 0 Å². The molecule has 27 heavy (non-hydrogen) atoms. The Morgan fingerprint density at radius 2 is 2.00 bits per heavy atom. The topological polar surface area (TPSA) is 90.1 Å². The lowest BCUT2D eigenvalue weighted by molar-refractivity contribution is 0.101. The third-order valence-electron chi connectivity index (χ3n) is 4.10. The van der Waals surface area contributed by atoms with Crippen LogP contribution >= 0.6 is 0 Å². The van der Waals surface area contributed by atoms with Crippen molar-refractivity contribution in [1.82, 2.24) is 9.29 Å². The molecule has 1 aliphatic rings. The van der Waals surface area contributed by atoms with E-state index >= 15 is 0 Å². The molecule has 0 aliphatic carbocycles. The van der Waals surface area contributed by atoms with Crippen molar-refractivity contribution in [2.75, 3.05) is 5.32 Å². The average molecular weight is 398 g/mol. The van der Waals surface area contributed by atoms with Crippen molar-refractivity contribution in [2.45, 2.75) is 24.0 Å². The number of hydrogen-bond donors (Lipinski definition) is 4. The van der Waals surface area contributed by atoms with Crippen LogP contribution in [0.3, 0.4) is 0 Å². The molecular weight excluding hydrogens is 381 g/mol. The van der Waals surface area contributed by atoms with Crippen LogP contribution in [-0.4, -0.2) is 27.7 Å². The van der Waals surface area contributed by atoms with E-state index in [1.165, 1.54) is 4.57 Å². The Morgan fingerprint density at radius 1 is 1.37 bits per heavy atom. The highest BCUT2D eigenvalue weighted by Crippen LogP contribution is 2.26. The molecule has 144 valence electrons. The van der Waals surface area contributed by atoms with E-state index in [-0.39, 0.29) is 11.4 Å². The molecule has 1 aromatic carbocycles. The van der Waals surface area contributed by atoms with Crippen LogP contribution < -0.4 is 10.0 Å². The van der Waals surface area contributed by atoms with Gasteiger partial charge in [-0.1, -0.05) is 12.2 Å². The van der Waals surface area contributed by atoms with E-state index in [9.17, 15) is 23.1 Å². The molecule has 10 heteroatoms. The third kappa shape index (κ3) is 3.68. The predicted molar refractivity (Wildman–Crippen MR) is 95.7 cm³/mol. The van der Waals surface area contributed by atoms with Crippen LogP contribution in [0, 0.1) is 22.2 Å². The third-order valence-corrected chi connectivity index (χ3v) is 5.38. The molecule has 3 rings (SSSR count). The molecule has 4 N–H and O–H groups in total. The van der Waals surface area contributed by atoms with Gasteiger partial charge in [0.2, 0.25) is 0 Å². The highest BCUT2D eigenvalue weighted by atomic mass is 32.2. The van der Waals surface area contributed by atoms with Crippen LogP contribution in [0.2, 0.25) is 0 Å². The zero-order valence-corrected chi connectivity index (χ0v) is 15.2. The van der Waals surface area contributed by atoms with Crippen LogP contribution in [0.5, 0.6) is 0 Å². The number of nitrogens with one attached hydrogen (secondary N) is 3. The number of hydrogen-bond acceptors (Lipinski definition) is 3. The summed E-state index contributed by atoms with van der Waals surface area (Å²) in [5.41, 5.74) is 0.407. The Bertz CT molecular complexity index is 948. The van der Waals surface area contributed by atoms with Crippen molar-refractivity contribution < 1.29 is 23.1 Å². The van der Waals surface area contributed by atoms with E-state index in [1.54, 1.807) is 32.3 Å². The van der Waals surface area contributed by atoms with E-state index in [0.717, 1.165) is 0 Å². The summed E-state index contributed by atoms with van der Waals surface area (Å²) in [7, 11) is 0.415. The second-order valence-corrected chi connectivity index (χ2v) is 7.41. The molecule has 3 unspecified atom stereocenters. The van der Waals surface area contributed by atoms with Gasteiger partial charge in [0, 0.05) is 36.6 Å². The smallest absolute Gasteiger partial charge is 0.272 e. The zero-order chi connectivity index (χ0) is 19.9. The number of aliphatic hydroxyl groups is 1. The molecule has 0 saturated heterocycles. The van der Waals surface area contributed by atoms with E-state index in [0.29, 0.717) is 22.6 Å². The minimum Gasteiger partial charge on any atom is -0.391 e. The fraction of sp³-hybridized carbons (Fsp3) is 0.235. The number of nitrogens with zero attached hydrogens (tertiary/aromatic N) is 1. The second-order valence-electron chi connectivity index (χ2n) is 6.12. The number of carbonyl (C=O) groups is 1. The maximum Gasteiger partial charge on any atom is 0.272 e. The van der Waals surface area contributed by atoms with Crippen molar-refractivity contribution in [3.8, 4) is 0 Å². The number of halogens is 3. The van der Waals surface area contributed by atoms with Gasteiger partial charge >= 0.3 is 0 Å². The fourth-order valence-electron chi connectivity index (χ4n) is 2.74. The SMILES string of the molecule is CC(O)C1C=Cc2c(cn(C)c2C(=O)Nc2cc(F)c(F)c(F)c2)S(=N)N1. The largest absolute Gasteiger partial charge is 0.391 e. The monoisotopic (exact) mass is 398 g/mol. The summed E-state index contributed by atoms with van der Waals surface area (Å²) in [6, 6.07) is 0.918. The number of fused-ring (bicyclic) bond motifs is 1. The van der Waals surface area contributed by atoms with Crippen molar-refractivity contribution in [3.63, 3.8) is 0 Å². The first-order chi connectivity index (χ1) is 12.7. The maximum absolute atomic E-state index is 13.4. The van der Waals surface area contributed by atoms with E-state index in [4.69, 9.17) is 4.78 Å². The molecule has 1 aliphatic heterocycles. The summed E-state index contributed by atoms with van der Waals surface area (Å²) in [5, 5.41) is 12.1. The van der Waals surface area contributed by atoms with Crippen LogP contribution in [-0.2, 0) is 17.9 Å². The second kappa shape index (κ2) is 7.29. The number of aryl methyl sites for hydroxylation is 1. The molecule has 2 heterocycles. The molecule has 2 aromatic rings. The van der Waals surface area contributed by atoms with Gasteiger partial charge in [-0.3, -0.25) is 9.57 Å².